The third-order valence-electron chi connectivity index (χ3n) is 4.66. The van der Waals surface area contributed by atoms with E-state index in [1.54, 1.807) is 4.90 Å². The lowest BCUT2D eigenvalue weighted by atomic mass is 9.99. The van der Waals surface area contributed by atoms with Crippen LogP contribution in [0.4, 0.5) is 4.79 Å². The average Bonchev–Trinajstić information content (AvgIpc) is 2.87. The fourth-order valence-electron chi connectivity index (χ4n) is 3.42. The number of likely N-dealkylation sites (tertiary alicyclic amines) is 1. The molecule has 0 aromatic heterocycles. The van der Waals surface area contributed by atoms with Gasteiger partial charge in [0, 0.05) is 25.7 Å². The molecule has 6 heteroatoms. The Kier molecular flexibility index (Phi) is 5.45. The van der Waals surface area contributed by atoms with Crippen molar-refractivity contribution in [1.29, 1.82) is 0 Å². The molecular formula is C15H27N3O3. The second-order valence-electron chi connectivity index (χ2n) is 6.28. The molecule has 2 aliphatic rings. The van der Waals surface area contributed by atoms with Crippen LogP contribution in [0.3, 0.4) is 0 Å². The predicted molar refractivity (Wildman–Crippen MR) is 80.1 cm³/mol. The minimum atomic E-state index is -0.790. The second-order valence-corrected chi connectivity index (χ2v) is 6.28. The molecule has 2 atom stereocenters. The Bertz CT molecular complexity index is 382. The third kappa shape index (κ3) is 3.67. The van der Waals surface area contributed by atoms with Gasteiger partial charge in [-0.25, -0.2) is 4.79 Å². The maximum Gasteiger partial charge on any atom is 0.320 e. The first-order chi connectivity index (χ1) is 10.0. The topological polar surface area (TPSA) is 72.9 Å². The molecule has 2 amide bonds. The Hall–Kier alpha value is -1.30. The van der Waals surface area contributed by atoms with Gasteiger partial charge in [0.25, 0.3) is 0 Å². The molecule has 120 valence electrons. The second kappa shape index (κ2) is 7.11. The van der Waals surface area contributed by atoms with E-state index in [1.165, 1.54) is 0 Å². The molecular weight excluding hydrogens is 270 g/mol. The van der Waals surface area contributed by atoms with E-state index in [0.717, 1.165) is 38.9 Å². The van der Waals surface area contributed by atoms with Gasteiger partial charge in [-0.3, -0.25) is 4.79 Å². The fraction of sp³-hybridized carbons (Fsp3) is 0.867. The van der Waals surface area contributed by atoms with Crippen LogP contribution in [0.5, 0.6) is 0 Å². The summed E-state index contributed by atoms with van der Waals surface area (Å²) in [5.74, 6) is -1.19. The van der Waals surface area contributed by atoms with Crippen LogP contribution < -0.4 is 5.32 Å². The van der Waals surface area contributed by atoms with Gasteiger partial charge < -0.3 is 20.2 Å². The van der Waals surface area contributed by atoms with Gasteiger partial charge in [-0.1, -0.05) is 13.8 Å². The summed E-state index contributed by atoms with van der Waals surface area (Å²) in [4.78, 5) is 27.7. The molecule has 0 aromatic rings. The van der Waals surface area contributed by atoms with Crippen LogP contribution in [-0.4, -0.2) is 65.7 Å². The summed E-state index contributed by atoms with van der Waals surface area (Å²) < 4.78 is 0. The third-order valence-corrected chi connectivity index (χ3v) is 4.66. The van der Waals surface area contributed by atoms with Crippen molar-refractivity contribution in [3.05, 3.63) is 0 Å². The van der Waals surface area contributed by atoms with Crippen LogP contribution in [0, 0.1) is 11.8 Å². The van der Waals surface area contributed by atoms with Crippen molar-refractivity contribution in [3.63, 3.8) is 0 Å². The molecule has 0 saturated carbocycles. The maximum atomic E-state index is 12.8. The van der Waals surface area contributed by atoms with Crippen LogP contribution in [0.1, 0.15) is 33.1 Å². The minimum absolute atomic E-state index is 0.0272. The highest BCUT2D eigenvalue weighted by Gasteiger charge is 2.39. The highest BCUT2D eigenvalue weighted by atomic mass is 16.4. The first-order valence-corrected chi connectivity index (χ1v) is 8.03. The smallest absolute Gasteiger partial charge is 0.320 e. The Morgan fingerprint density at radius 1 is 1.29 bits per heavy atom. The van der Waals surface area contributed by atoms with Crippen LogP contribution >= 0.6 is 0 Å². The number of nitrogens with zero attached hydrogens (tertiary/aromatic N) is 2. The molecule has 21 heavy (non-hydrogen) atoms. The number of hydrogen-bond acceptors (Lipinski definition) is 3. The Labute approximate surface area is 126 Å². The normalized spacial score (nSPS) is 26.9. The van der Waals surface area contributed by atoms with Crippen LogP contribution in [0.25, 0.3) is 0 Å². The summed E-state index contributed by atoms with van der Waals surface area (Å²) >= 11 is 0. The van der Waals surface area contributed by atoms with E-state index in [4.69, 9.17) is 0 Å². The molecule has 0 spiro atoms. The Balaban J connectivity index is 2.03. The predicted octanol–water partition coefficient (Wildman–Crippen LogP) is 1.22. The summed E-state index contributed by atoms with van der Waals surface area (Å²) in [5.41, 5.74) is 0. The van der Waals surface area contributed by atoms with Crippen LogP contribution in [-0.2, 0) is 4.79 Å². The van der Waals surface area contributed by atoms with Crippen molar-refractivity contribution < 1.29 is 14.7 Å². The van der Waals surface area contributed by atoms with Gasteiger partial charge in [0.15, 0.2) is 0 Å². The molecule has 2 saturated heterocycles. The van der Waals surface area contributed by atoms with Gasteiger partial charge in [0.05, 0.1) is 5.92 Å². The number of nitrogens with one attached hydrogen (secondary N) is 1. The summed E-state index contributed by atoms with van der Waals surface area (Å²) in [7, 11) is 0. The monoisotopic (exact) mass is 297 g/mol. The van der Waals surface area contributed by atoms with Gasteiger partial charge in [-0.15, -0.1) is 0 Å². The number of aliphatic carboxylic acids is 1. The molecule has 2 heterocycles. The van der Waals surface area contributed by atoms with E-state index in [2.05, 4.69) is 12.2 Å². The number of hydrogen-bond donors (Lipinski definition) is 2. The van der Waals surface area contributed by atoms with Crippen molar-refractivity contribution in [3.8, 4) is 0 Å². The number of piperidine rings is 1. The van der Waals surface area contributed by atoms with Crippen molar-refractivity contribution in [2.75, 3.05) is 32.7 Å². The van der Waals surface area contributed by atoms with Crippen LogP contribution in [0.15, 0.2) is 0 Å². The summed E-state index contributed by atoms with van der Waals surface area (Å²) in [6.45, 7) is 7.56. The standard InChI is InChI=1S/C15H27N3O3/c1-3-8-18(12-4-6-16-7-5-12)15(21)17-9-11(2)13(10-17)14(19)20/h11-13,16H,3-10H2,1-2H3,(H,19,20). The first-order valence-electron chi connectivity index (χ1n) is 8.03. The van der Waals surface area contributed by atoms with E-state index < -0.39 is 11.9 Å². The lowest BCUT2D eigenvalue weighted by Crippen LogP contribution is -2.51. The van der Waals surface area contributed by atoms with Gasteiger partial charge in [-0.2, -0.15) is 0 Å². The number of carboxylic acid groups (broad SMARTS) is 1. The van der Waals surface area contributed by atoms with E-state index in [-0.39, 0.29) is 18.0 Å². The summed E-state index contributed by atoms with van der Waals surface area (Å²) in [6.07, 6.45) is 2.90. The Morgan fingerprint density at radius 3 is 2.48 bits per heavy atom. The molecule has 2 aliphatic heterocycles. The largest absolute Gasteiger partial charge is 0.481 e. The SMILES string of the molecule is CCCN(C(=O)N1CC(C)C(C(=O)O)C1)C1CCNCC1. The number of urea groups is 1. The van der Waals surface area contributed by atoms with Crippen molar-refractivity contribution in [1.82, 2.24) is 15.1 Å². The average molecular weight is 297 g/mol. The van der Waals surface area contributed by atoms with Gasteiger partial charge in [-0.05, 0) is 38.3 Å². The highest BCUT2D eigenvalue weighted by Crippen LogP contribution is 2.25. The lowest BCUT2D eigenvalue weighted by molar-refractivity contribution is -0.142. The quantitative estimate of drug-likeness (QED) is 0.818. The molecule has 0 aromatic carbocycles. The van der Waals surface area contributed by atoms with Crippen molar-refractivity contribution >= 4 is 12.0 Å². The lowest BCUT2D eigenvalue weighted by Gasteiger charge is -2.37. The van der Waals surface area contributed by atoms with E-state index >= 15 is 0 Å². The molecule has 2 fully saturated rings. The summed E-state index contributed by atoms with van der Waals surface area (Å²) in [6, 6.07) is 0.317. The summed E-state index contributed by atoms with van der Waals surface area (Å²) in [5, 5.41) is 12.5. The fourth-order valence-corrected chi connectivity index (χ4v) is 3.42. The zero-order valence-electron chi connectivity index (χ0n) is 13.0. The zero-order chi connectivity index (χ0) is 15.4. The van der Waals surface area contributed by atoms with Gasteiger partial charge in [0.2, 0.25) is 0 Å². The number of carbonyl (C=O) groups is 2. The number of amides is 2. The van der Waals surface area contributed by atoms with E-state index in [1.807, 2.05) is 11.8 Å². The van der Waals surface area contributed by atoms with Crippen LogP contribution in [0.2, 0.25) is 0 Å². The molecule has 2 N–H and O–H groups in total. The van der Waals surface area contributed by atoms with Gasteiger partial charge >= 0.3 is 12.0 Å². The van der Waals surface area contributed by atoms with E-state index in [0.29, 0.717) is 13.1 Å². The number of carboxylic acids is 1. The van der Waals surface area contributed by atoms with E-state index in [9.17, 15) is 14.7 Å². The number of carbonyl (C=O) groups excluding carboxylic acids is 1. The molecule has 0 aliphatic carbocycles. The molecule has 0 radical (unpaired) electrons. The Morgan fingerprint density at radius 2 is 1.95 bits per heavy atom. The maximum absolute atomic E-state index is 12.8. The number of rotatable bonds is 4. The van der Waals surface area contributed by atoms with Gasteiger partial charge in [0.1, 0.15) is 0 Å². The first kappa shape index (κ1) is 16.1. The van der Waals surface area contributed by atoms with Crippen molar-refractivity contribution in [2.45, 2.75) is 39.2 Å². The zero-order valence-corrected chi connectivity index (χ0v) is 13.0. The minimum Gasteiger partial charge on any atom is -0.481 e. The highest BCUT2D eigenvalue weighted by molar-refractivity contribution is 5.78. The molecule has 2 unspecified atom stereocenters. The molecule has 2 rings (SSSR count). The molecule has 0 bridgehead atoms. The van der Waals surface area contributed by atoms with Crippen molar-refractivity contribution in [2.24, 2.45) is 11.8 Å². The molecule has 6 nitrogen and oxygen atoms in total.